The molecule has 1 amide bonds. The SMILES string of the molecule is NC(=O)[C@H]1C[C@@H]1c1ccc(-c2ncn(CCF)c2Sc2ccc(Cl)cn2)cc1. The average Bonchev–Trinajstić information content (AvgIpc) is 3.41. The van der Waals surface area contributed by atoms with Crippen molar-refractivity contribution in [1.29, 1.82) is 0 Å². The highest BCUT2D eigenvalue weighted by molar-refractivity contribution is 7.99. The van der Waals surface area contributed by atoms with Crippen LogP contribution < -0.4 is 5.73 Å². The summed E-state index contributed by atoms with van der Waals surface area (Å²) in [7, 11) is 0. The predicted octanol–water partition coefficient (Wildman–Crippen LogP) is 4.31. The predicted molar refractivity (Wildman–Crippen MR) is 107 cm³/mol. The minimum atomic E-state index is -0.480. The third kappa shape index (κ3) is 3.91. The van der Waals surface area contributed by atoms with Gasteiger partial charge in [0.1, 0.15) is 22.4 Å². The first-order chi connectivity index (χ1) is 13.6. The van der Waals surface area contributed by atoms with Gasteiger partial charge in [-0.1, -0.05) is 35.9 Å². The molecule has 1 aliphatic carbocycles. The first kappa shape index (κ1) is 19.0. The van der Waals surface area contributed by atoms with Gasteiger partial charge in [0, 0.05) is 17.7 Å². The fraction of sp³-hybridized carbons (Fsp3) is 0.250. The van der Waals surface area contributed by atoms with Gasteiger partial charge in [0.25, 0.3) is 0 Å². The van der Waals surface area contributed by atoms with Gasteiger partial charge in [-0.25, -0.2) is 14.4 Å². The fourth-order valence-electron chi connectivity index (χ4n) is 3.21. The van der Waals surface area contributed by atoms with Crippen molar-refractivity contribution in [3.05, 3.63) is 59.5 Å². The number of carbonyl (C=O) groups excluding carboxylic acids is 1. The lowest BCUT2D eigenvalue weighted by Crippen LogP contribution is -2.13. The molecule has 0 radical (unpaired) electrons. The maximum atomic E-state index is 13.0. The van der Waals surface area contributed by atoms with E-state index in [-0.39, 0.29) is 24.3 Å². The number of hydrogen-bond donors (Lipinski definition) is 1. The van der Waals surface area contributed by atoms with Crippen LogP contribution in [0.2, 0.25) is 5.02 Å². The van der Waals surface area contributed by atoms with E-state index in [1.165, 1.54) is 11.8 Å². The average molecular weight is 417 g/mol. The second-order valence-corrected chi connectivity index (χ2v) is 8.12. The van der Waals surface area contributed by atoms with Crippen molar-refractivity contribution in [2.45, 2.75) is 28.9 Å². The van der Waals surface area contributed by atoms with Crippen LogP contribution in [0.25, 0.3) is 11.3 Å². The standard InChI is InChI=1S/C20H18ClFN4OS/c21-14-5-6-17(24-10-14)28-20-18(25-11-26(20)8-7-22)13-3-1-12(2-4-13)15-9-16(15)19(23)27/h1-6,10-11,15-16H,7-9H2,(H2,23,27)/t15-,16+/m1/s1. The Kier molecular flexibility index (Phi) is 5.37. The summed E-state index contributed by atoms with van der Waals surface area (Å²) in [5.41, 5.74) is 8.17. The molecule has 0 bridgehead atoms. The van der Waals surface area contributed by atoms with Crippen LogP contribution in [-0.2, 0) is 11.3 Å². The van der Waals surface area contributed by atoms with E-state index in [1.54, 1.807) is 23.2 Å². The molecule has 1 aromatic carbocycles. The zero-order valence-electron chi connectivity index (χ0n) is 14.9. The van der Waals surface area contributed by atoms with Crippen LogP contribution in [-0.4, -0.2) is 27.1 Å². The second kappa shape index (κ2) is 7.93. The summed E-state index contributed by atoms with van der Waals surface area (Å²) in [6, 6.07) is 11.6. The number of alkyl halides is 1. The molecule has 28 heavy (non-hydrogen) atoms. The van der Waals surface area contributed by atoms with E-state index in [0.717, 1.165) is 33.3 Å². The number of benzene rings is 1. The van der Waals surface area contributed by atoms with Crippen molar-refractivity contribution in [2.24, 2.45) is 11.7 Å². The number of pyridine rings is 1. The molecule has 2 heterocycles. The Labute approximate surface area is 171 Å². The van der Waals surface area contributed by atoms with Gasteiger partial charge in [-0.3, -0.25) is 4.79 Å². The maximum Gasteiger partial charge on any atom is 0.221 e. The fourth-order valence-corrected chi connectivity index (χ4v) is 4.29. The van der Waals surface area contributed by atoms with E-state index in [1.807, 2.05) is 30.3 Å². The first-order valence-corrected chi connectivity index (χ1v) is 10.1. The number of aromatic nitrogens is 3. The maximum absolute atomic E-state index is 13.0. The second-order valence-electron chi connectivity index (χ2n) is 6.67. The summed E-state index contributed by atoms with van der Waals surface area (Å²) in [5.74, 6) is -0.0901. The van der Waals surface area contributed by atoms with E-state index in [9.17, 15) is 9.18 Å². The van der Waals surface area contributed by atoms with Crippen molar-refractivity contribution in [1.82, 2.24) is 14.5 Å². The number of carbonyl (C=O) groups is 1. The van der Waals surface area contributed by atoms with Gasteiger partial charge in [-0.15, -0.1) is 0 Å². The van der Waals surface area contributed by atoms with Crippen molar-refractivity contribution in [3.63, 3.8) is 0 Å². The number of halogens is 2. The van der Waals surface area contributed by atoms with Crippen LogP contribution in [0.1, 0.15) is 17.9 Å². The van der Waals surface area contributed by atoms with E-state index in [0.29, 0.717) is 5.02 Å². The number of imidazole rings is 1. The monoisotopic (exact) mass is 416 g/mol. The molecule has 1 fully saturated rings. The zero-order valence-corrected chi connectivity index (χ0v) is 16.5. The van der Waals surface area contributed by atoms with Gasteiger partial charge in [0.2, 0.25) is 5.91 Å². The summed E-state index contributed by atoms with van der Waals surface area (Å²) < 4.78 is 14.8. The molecule has 0 spiro atoms. The highest BCUT2D eigenvalue weighted by Gasteiger charge is 2.42. The Morgan fingerprint density at radius 2 is 2.04 bits per heavy atom. The number of primary amides is 1. The van der Waals surface area contributed by atoms with Crippen molar-refractivity contribution >= 4 is 29.3 Å². The lowest BCUT2D eigenvalue weighted by Gasteiger charge is -2.09. The van der Waals surface area contributed by atoms with Crippen molar-refractivity contribution in [3.8, 4) is 11.3 Å². The Bertz CT molecular complexity index is 990. The van der Waals surface area contributed by atoms with Gasteiger partial charge in [0.05, 0.1) is 17.9 Å². The molecule has 1 saturated carbocycles. The summed E-state index contributed by atoms with van der Waals surface area (Å²) in [5, 5.41) is 2.14. The quantitative estimate of drug-likeness (QED) is 0.622. The first-order valence-electron chi connectivity index (χ1n) is 8.87. The Balaban J connectivity index is 1.62. The number of rotatable bonds is 7. The molecular formula is C20H18ClFN4OS. The number of hydrogen-bond acceptors (Lipinski definition) is 4. The van der Waals surface area contributed by atoms with E-state index < -0.39 is 6.67 Å². The molecule has 0 saturated heterocycles. The summed E-state index contributed by atoms with van der Waals surface area (Å²) in [6.07, 6.45) is 4.03. The third-order valence-electron chi connectivity index (χ3n) is 4.78. The molecule has 2 aromatic heterocycles. The molecule has 0 aliphatic heterocycles. The van der Waals surface area contributed by atoms with Crippen LogP contribution in [0.3, 0.4) is 0 Å². The molecule has 2 atom stereocenters. The normalized spacial score (nSPS) is 18.2. The molecule has 5 nitrogen and oxygen atoms in total. The van der Waals surface area contributed by atoms with Gasteiger partial charge in [0.15, 0.2) is 0 Å². The Hall–Kier alpha value is -2.38. The lowest BCUT2D eigenvalue weighted by molar-refractivity contribution is -0.119. The number of aryl methyl sites for hydroxylation is 1. The van der Waals surface area contributed by atoms with Crippen LogP contribution in [0.4, 0.5) is 4.39 Å². The van der Waals surface area contributed by atoms with Crippen LogP contribution in [0, 0.1) is 5.92 Å². The molecule has 0 unspecified atom stereocenters. The highest BCUT2D eigenvalue weighted by Crippen LogP contribution is 2.47. The topological polar surface area (TPSA) is 73.8 Å². The summed E-state index contributed by atoms with van der Waals surface area (Å²) in [4.78, 5) is 20.1. The molecule has 4 rings (SSSR count). The third-order valence-corrected chi connectivity index (χ3v) is 6.08. The molecule has 2 N–H and O–H groups in total. The van der Waals surface area contributed by atoms with E-state index in [4.69, 9.17) is 17.3 Å². The molecule has 1 aliphatic rings. The van der Waals surface area contributed by atoms with Gasteiger partial charge >= 0.3 is 0 Å². The molecule has 144 valence electrons. The largest absolute Gasteiger partial charge is 0.369 e. The Morgan fingerprint density at radius 1 is 1.25 bits per heavy atom. The van der Waals surface area contributed by atoms with E-state index >= 15 is 0 Å². The summed E-state index contributed by atoms with van der Waals surface area (Å²) in [6.45, 7) is -0.254. The van der Waals surface area contributed by atoms with E-state index in [2.05, 4.69) is 9.97 Å². The van der Waals surface area contributed by atoms with Gasteiger partial charge in [-0.2, -0.15) is 0 Å². The smallest absolute Gasteiger partial charge is 0.221 e. The number of amides is 1. The minimum Gasteiger partial charge on any atom is -0.369 e. The van der Waals surface area contributed by atoms with Gasteiger partial charge < -0.3 is 10.3 Å². The Morgan fingerprint density at radius 3 is 2.64 bits per heavy atom. The van der Waals surface area contributed by atoms with Crippen molar-refractivity contribution in [2.75, 3.05) is 6.67 Å². The van der Waals surface area contributed by atoms with Crippen LogP contribution in [0.5, 0.6) is 0 Å². The van der Waals surface area contributed by atoms with Crippen LogP contribution >= 0.6 is 23.4 Å². The molecule has 3 aromatic rings. The van der Waals surface area contributed by atoms with Gasteiger partial charge in [-0.05, 0) is 41.8 Å². The highest BCUT2D eigenvalue weighted by atomic mass is 35.5. The molecular weight excluding hydrogens is 399 g/mol. The lowest BCUT2D eigenvalue weighted by atomic mass is 10.1. The summed E-state index contributed by atoms with van der Waals surface area (Å²) >= 11 is 7.33. The molecule has 8 heteroatoms. The zero-order chi connectivity index (χ0) is 19.7. The number of nitrogens with zero attached hydrogens (tertiary/aromatic N) is 3. The number of nitrogens with two attached hydrogens (primary N) is 1. The van der Waals surface area contributed by atoms with Crippen molar-refractivity contribution < 1.29 is 9.18 Å². The minimum absolute atomic E-state index is 0.0586. The van der Waals surface area contributed by atoms with Crippen LogP contribution in [0.15, 0.2) is 59.0 Å².